The zero-order valence-electron chi connectivity index (χ0n) is 19.4. The van der Waals surface area contributed by atoms with Crippen LogP contribution in [0.15, 0.2) is 85.3 Å². The summed E-state index contributed by atoms with van der Waals surface area (Å²) in [5.41, 5.74) is 7.36. The van der Waals surface area contributed by atoms with E-state index in [1.54, 1.807) is 18.2 Å². The molecule has 0 aromatic heterocycles. The van der Waals surface area contributed by atoms with E-state index in [9.17, 15) is 4.79 Å². The number of amides is 1. The molecule has 0 spiro atoms. The summed E-state index contributed by atoms with van der Waals surface area (Å²) in [6.07, 6.45) is 19.4. The number of nitrogens with two attached hydrogens (primary N) is 1. The molecule has 1 heterocycles. The van der Waals surface area contributed by atoms with E-state index < -0.39 is 0 Å². The monoisotopic (exact) mass is 401 g/mol. The van der Waals surface area contributed by atoms with Crippen molar-refractivity contribution in [3.05, 3.63) is 85.3 Å². The molecule has 0 aliphatic carbocycles. The fraction of sp³-hybridized carbons (Fsp3) is 0.423. The zero-order valence-corrected chi connectivity index (χ0v) is 19.4. The van der Waals surface area contributed by atoms with Crippen molar-refractivity contribution in [2.45, 2.75) is 66.7 Å². The van der Waals surface area contributed by atoms with Gasteiger partial charge in [-0.1, -0.05) is 96.9 Å². The van der Waals surface area contributed by atoms with E-state index in [0.717, 1.165) is 37.2 Å². The van der Waals surface area contributed by atoms with E-state index in [2.05, 4.69) is 32.7 Å². The third-order valence-corrected chi connectivity index (χ3v) is 3.34. The van der Waals surface area contributed by atoms with E-state index in [0.29, 0.717) is 12.8 Å². The minimum absolute atomic E-state index is 0.264. The summed E-state index contributed by atoms with van der Waals surface area (Å²) in [4.78, 5) is 10.5. The van der Waals surface area contributed by atoms with Crippen molar-refractivity contribution >= 4 is 5.91 Å². The second kappa shape index (κ2) is 25.4. The fourth-order valence-electron chi connectivity index (χ4n) is 2.11. The number of ether oxygens (including phenoxy) is 1. The molecule has 0 saturated heterocycles. The molecule has 0 radical (unpaired) electrons. The van der Waals surface area contributed by atoms with Crippen molar-refractivity contribution in [1.29, 1.82) is 0 Å². The summed E-state index contributed by atoms with van der Waals surface area (Å²) in [6.45, 7) is 21.8. The van der Waals surface area contributed by atoms with Crippen LogP contribution >= 0.6 is 0 Å². The Morgan fingerprint density at radius 1 is 1.10 bits per heavy atom. The standard InChI is InChI=1S/C11H17NO.C11H14O.2C2H6/c1-3-5-7-10(6-4-2)8-9-11(12)13;1-3-5-7-10-8-6-9-12-11(10)4-2;2*1-2/h4-7H,2-3,8-9H2,1H3,(H2,12,13);3-5,7H,1-2,6,8-9H2;2*1-2H3/b7-5-,10-6+;7-5-;;. The SMILES string of the molecule is C=C/C=C(\C=C/CC)CCC(N)=O.C=C/C=C\C1=C(C=C)OCCC1.CC.CC. The van der Waals surface area contributed by atoms with Gasteiger partial charge in [-0.25, -0.2) is 0 Å². The summed E-state index contributed by atoms with van der Waals surface area (Å²) in [5.74, 6) is 0.652. The van der Waals surface area contributed by atoms with Gasteiger partial charge in [0.1, 0.15) is 5.76 Å². The normalized spacial score (nSPS) is 13.1. The lowest BCUT2D eigenvalue weighted by Gasteiger charge is -2.16. The lowest BCUT2D eigenvalue weighted by atomic mass is 10.1. The number of hydrogen-bond donors (Lipinski definition) is 1. The predicted molar refractivity (Wildman–Crippen MR) is 131 cm³/mol. The Kier molecular flexibility index (Phi) is 27.3. The maximum absolute atomic E-state index is 10.5. The first kappa shape index (κ1) is 31.2. The van der Waals surface area contributed by atoms with Crippen molar-refractivity contribution in [2.75, 3.05) is 6.61 Å². The molecule has 2 N–H and O–H groups in total. The Bertz CT molecular complexity index is 563. The number of carbonyl (C=O) groups excluding carboxylic acids is 1. The molecule has 1 aliphatic rings. The lowest BCUT2D eigenvalue weighted by molar-refractivity contribution is -0.117. The Labute approximate surface area is 180 Å². The topological polar surface area (TPSA) is 52.3 Å². The van der Waals surface area contributed by atoms with Crippen LogP contribution in [0.1, 0.15) is 66.7 Å². The van der Waals surface area contributed by atoms with Crippen LogP contribution in [-0.4, -0.2) is 12.5 Å². The second-order valence-electron chi connectivity index (χ2n) is 5.39. The highest BCUT2D eigenvalue weighted by Crippen LogP contribution is 2.20. The quantitative estimate of drug-likeness (QED) is 0.410. The van der Waals surface area contributed by atoms with Gasteiger partial charge < -0.3 is 10.5 Å². The molecule has 3 nitrogen and oxygen atoms in total. The number of primary amides is 1. The molecule has 29 heavy (non-hydrogen) atoms. The highest BCUT2D eigenvalue weighted by Gasteiger charge is 2.07. The molecular weight excluding hydrogens is 358 g/mol. The van der Waals surface area contributed by atoms with Crippen LogP contribution in [0.3, 0.4) is 0 Å². The van der Waals surface area contributed by atoms with Crippen LogP contribution in [0.4, 0.5) is 0 Å². The minimum Gasteiger partial charge on any atom is -0.493 e. The van der Waals surface area contributed by atoms with Crippen molar-refractivity contribution < 1.29 is 9.53 Å². The highest BCUT2D eigenvalue weighted by atomic mass is 16.5. The zero-order chi connectivity index (χ0) is 22.9. The van der Waals surface area contributed by atoms with Crippen molar-refractivity contribution in [3.8, 4) is 0 Å². The first-order valence-electron chi connectivity index (χ1n) is 10.6. The Morgan fingerprint density at radius 3 is 2.24 bits per heavy atom. The maximum Gasteiger partial charge on any atom is 0.217 e. The molecule has 3 heteroatoms. The molecule has 0 aromatic carbocycles. The molecule has 164 valence electrons. The average molecular weight is 402 g/mol. The Balaban J connectivity index is -0.000000398. The largest absolute Gasteiger partial charge is 0.493 e. The van der Waals surface area contributed by atoms with Gasteiger partial charge in [-0.3, -0.25) is 4.79 Å². The fourth-order valence-corrected chi connectivity index (χ4v) is 2.11. The van der Waals surface area contributed by atoms with Crippen molar-refractivity contribution in [3.63, 3.8) is 0 Å². The minimum atomic E-state index is -0.264. The van der Waals surface area contributed by atoms with Gasteiger partial charge in [0, 0.05) is 6.42 Å². The van der Waals surface area contributed by atoms with Crippen LogP contribution in [0, 0.1) is 0 Å². The first-order valence-corrected chi connectivity index (χ1v) is 10.6. The van der Waals surface area contributed by atoms with Crippen molar-refractivity contribution in [1.82, 2.24) is 0 Å². The van der Waals surface area contributed by atoms with Gasteiger partial charge in [0.2, 0.25) is 5.91 Å². The van der Waals surface area contributed by atoms with Gasteiger partial charge in [0.05, 0.1) is 6.61 Å². The van der Waals surface area contributed by atoms with Gasteiger partial charge in [0.15, 0.2) is 0 Å². The van der Waals surface area contributed by atoms with Gasteiger partial charge in [-0.15, -0.1) is 0 Å². The van der Waals surface area contributed by atoms with Crippen LogP contribution in [0.5, 0.6) is 0 Å². The molecule has 1 rings (SSSR count). The smallest absolute Gasteiger partial charge is 0.217 e. The molecule has 0 atom stereocenters. The van der Waals surface area contributed by atoms with Crippen molar-refractivity contribution in [2.24, 2.45) is 5.73 Å². The van der Waals surface area contributed by atoms with Gasteiger partial charge in [0.25, 0.3) is 0 Å². The van der Waals surface area contributed by atoms with Gasteiger partial charge >= 0.3 is 0 Å². The molecule has 1 amide bonds. The van der Waals surface area contributed by atoms with E-state index in [-0.39, 0.29) is 5.91 Å². The van der Waals surface area contributed by atoms with E-state index in [1.807, 2.05) is 52.0 Å². The lowest BCUT2D eigenvalue weighted by Crippen LogP contribution is -2.09. The number of rotatable bonds is 9. The summed E-state index contributed by atoms with van der Waals surface area (Å²) >= 11 is 0. The highest BCUT2D eigenvalue weighted by molar-refractivity contribution is 5.74. The maximum atomic E-state index is 10.5. The van der Waals surface area contributed by atoms with Crippen LogP contribution in [-0.2, 0) is 9.53 Å². The number of hydrogen-bond acceptors (Lipinski definition) is 2. The van der Waals surface area contributed by atoms with E-state index in [1.165, 1.54) is 5.57 Å². The molecule has 0 aromatic rings. The van der Waals surface area contributed by atoms with Gasteiger partial charge in [-0.05, 0) is 42.9 Å². The van der Waals surface area contributed by atoms with E-state index >= 15 is 0 Å². The molecule has 0 saturated carbocycles. The molecular formula is C26H43NO2. The van der Waals surface area contributed by atoms with Crippen LogP contribution < -0.4 is 5.73 Å². The van der Waals surface area contributed by atoms with Crippen LogP contribution in [0.2, 0.25) is 0 Å². The van der Waals surface area contributed by atoms with Crippen LogP contribution in [0.25, 0.3) is 0 Å². The van der Waals surface area contributed by atoms with E-state index in [4.69, 9.17) is 10.5 Å². The third kappa shape index (κ3) is 20.0. The molecule has 0 unspecified atom stereocenters. The number of allylic oxidation sites excluding steroid dienone is 10. The summed E-state index contributed by atoms with van der Waals surface area (Å²) in [7, 11) is 0. The molecule has 0 fully saturated rings. The third-order valence-electron chi connectivity index (χ3n) is 3.34. The summed E-state index contributed by atoms with van der Waals surface area (Å²) in [5, 5.41) is 0. The molecule has 0 bridgehead atoms. The number of carbonyl (C=O) groups is 1. The second-order valence-corrected chi connectivity index (χ2v) is 5.39. The first-order chi connectivity index (χ1) is 14.1. The predicted octanol–water partition coefficient (Wildman–Crippen LogP) is 7.36. The molecule has 1 aliphatic heterocycles. The Hall–Kier alpha value is -2.55. The van der Waals surface area contributed by atoms with Gasteiger partial charge in [-0.2, -0.15) is 0 Å². The summed E-state index contributed by atoms with van der Waals surface area (Å²) < 4.78 is 5.41. The summed E-state index contributed by atoms with van der Waals surface area (Å²) in [6, 6.07) is 0. The average Bonchev–Trinajstić information content (AvgIpc) is 2.77. The Morgan fingerprint density at radius 2 is 1.76 bits per heavy atom.